The molecule has 0 aliphatic carbocycles. The van der Waals surface area contributed by atoms with Gasteiger partial charge in [-0.1, -0.05) is 28.1 Å². The molecule has 0 saturated carbocycles. The van der Waals surface area contributed by atoms with Crippen LogP contribution in [0, 0.1) is 0 Å². The lowest BCUT2D eigenvalue weighted by atomic mass is 10.2. The van der Waals surface area contributed by atoms with Crippen LogP contribution in [0.4, 0.5) is 0 Å². The summed E-state index contributed by atoms with van der Waals surface area (Å²) in [6.07, 6.45) is 1.71. The molecule has 0 bridgehead atoms. The number of halogens is 1. The zero-order chi connectivity index (χ0) is 13.7. The SMILES string of the molecule is CC1(CC(=O)N/N=C\c2cccc(Br)c2)OCCO1. The van der Waals surface area contributed by atoms with Crippen LogP contribution < -0.4 is 5.43 Å². The van der Waals surface area contributed by atoms with E-state index < -0.39 is 5.79 Å². The van der Waals surface area contributed by atoms with Crippen molar-refractivity contribution in [3.05, 3.63) is 34.3 Å². The van der Waals surface area contributed by atoms with Gasteiger partial charge in [-0.05, 0) is 24.6 Å². The highest BCUT2D eigenvalue weighted by molar-refractivity contribution is 9.10. The number of hydrogen-bond acceptors (Lipinski definition) is 4. The van der Waals surface area contributed by atoms with E-state index in [4.69, 9.17) is 9.47 Å². The van der Waals surface area contributed by atoms with Crippen molar-refractivity contribution in [2.75, 3.05) is 13.2 Å². The number of amides is 1. The molecule has 1 saturated heterocycles. The summed E-state index contributed by atoms with van der Waals surface area (Å²) in [5, 5.41) is 3.90. The second-order valence-corrected chi connectivity index (χ2v) is 5.27. The Bertz CT molecular complexity index is 485. The maximum atomic E-state index is 11.7. The first-order valence-electron chi connectivity index (χ1n) is 5.93. The number of nitrogens with zero attached hydrogens (tertiary/aromatic N) is 1. The second kappa shape index (κ2) is 6.27. The number of hydrogen-bond donors (Lipinski definition) is 1. The summed E-state index contributed by atoms with van der Waals surface area (Å²) < 4.78 is 11.7. The number of carbonyl (C=O) groups excluding carboxylic acids is 1. The van der Waals surface area contributed by atoms with Crippen LogP contribution in [-0.4, -0.2) is 31.1 Å². The normalized spacial score (nSPS) is 17.8. The third kappa shape index (κ3) is 4.41. The maximum Gasteiger partial charge on any atom is 0.245 e. The van der Waals surface area contributed by atoms with Gasteiger partial charge in [-0.15, -0.1) is 0 Å². The van der Waals surface area contributed by atoms with Crippen LogP contribution in [0.3, 0.4) is 0 Å². The molecule has 1 aliphatic heterocycles. The van der Waals surface area contributed by atoms with Crippen molar-refractivity contribution in [3.63, 3.8) is 0 Å². The summed E-state index contributed by atoms with van der Waals surface area (Å²) in [6.45, 7) is 2.79. The zero-order valence-electron chi connectivity index (χ0n) is 10.6. The monoisotopic (exact) mass is 326 g/mol. The Hall–Kier alpha value is -1.24. The van der Waals surface area contributed by atoms with E-state index in [1.54, 1.807) is 13.1 Å². The van der Waals surface area contributed by atoms with Crippen molar-refractivity contribution in [2.24, 2.45) is 5.10 Å². The van der Waals surface area contributed by atoms with Crippen LogP contribution in [0.1, 0.15) is 18.9 Å². The fourth-order valence-corrected chi connectivity index (χ4v) is 2.17. The predicted octanol–water partition coefficient (Wildman–Crippen LogP) is 2.05. The van der Waals surface area contributed by atoms with E-state index in [-0.39, 0.29) is 12.3 Å². The van der Waals surface area contributed by atoms with Gasteiger partial charge < -0.3 is 9.47 Å². The average molecular weight is 327 g/mol. The molecule has 0 unspecified atom stereocenters. The van der Waals surface area contributed by atoms with Gasteiger partial charge in [-0.3, -0.25) is 4.79 Å². The summed E-state index contributed by atoms with van der Waals surface area (Å²) in [6, 6.07) is 7.62. The minimum absolute atomic E-state index is 0.128. The summed E-state index contributed by atoms with van der Waals surface area (Å²) >= 11 is 3.37. The number of benzene rings is 1. The van der Waals surface area contributed by atoms with E-state index in [2.05, 4.69) is 26.5 Å². The van der Waals surface area contributed by atoms with Crippen LogP contribution in [0.15, 0.2) is 33.8 Å². The van der Waals surface area contributed by atoms with Crippen LogP contribution in [-0.2, 0) is 14.3 Å². The van der Waals surface area contributed by atoms with Gasteiger partial charge in [0.25, 0.3) is 0 Å². The average Bonchev–Trinajstić information content (AvgIpc) is 2.75. The molecular formula is C13H15BrN2O3. The molecule has 19 heavy (non-hydrogen) atoms. The van der Waals surface area contributed by atoms with Gasteiger partial charge in [0.2, 0.25) is 5.91 Å². The fourth-order valence-electron chi connectivity index (χ4n) is 1.76. The predicted molar refractivity (Wildman–Crippen MR) is 74.8 cm³/mol. The van der Waals surface area contributed by atoms with Gasteiger partial charge in [-0.2, -0.15) is 5.10 Å². The molecule has 6 heteroatoms. The Balaban J connectivity index is 1.83. The lowest BCUT2D eigenvalue weighted by molar-refractivity contribution is -0.159. The maximum absolute atomic E-state index is 11.7. The molecule has 1 fully saturated rings. The molecule has 102 valence electrons. The molecule has 1 aliphatic rings. The van der Waals surface area contributed by atoms with Crippen molar-refractivity contribution in [1.82, 2.24) is 5.43 Å². The Morgan fingerprint density at radius 3 is 2.95 bits per heavy atom. The van der Waals surface area contributed by atoms with Crippen molar-refractivity contribution < 1.29 is 14.3 Å². The molecular weight excluding hydrogens is 312 g/mol. The number of nitrogens with one attached hydrogen (secondary N) is 1. The summed E-state index contributed by atoms with van der Waals surface area (Å²) in [7, 11) is 0. The second-order valence-electron chi connectivity index (χ2n) is 4.36. The van der Waals surface area contributed by atoms with Gasteiger partial charge >= 0.3 is 0 Å². The van der Waals surface area contributed by atoms with Crippen molar-refractivity contribution in [1.29, 1.82) is 0 Å². The van der Waals surface area contributed by atoms with E-state index in [9.17, 15) is 4.79 Å². The molecule has 0 spiro atoms. The topological polar surface area (TPSA) is 59.9 Å². The number of hydrazone groups is 1. The van der Waals surface area contributed by atoms with E-state index in [0.717, 1.165) is 10.0 Å². The quantitative estimate of drug-likeness (QED) is 0.680. The molecule has 1 aromatic rings. The highest BCUT2D eigenvalue weighted by atomic mass is 79.9. The lowest BCUT2D eigenvalue weighted by Gasteiger charge is -2.20. The molecule has 1 N–H and O–H groups in total. The minimum Gasteiger partial charge on any atom is -0.347 e. The van der Waals surface area contributed by atoms with Gasteiger partial charge in [0.05, 0.1) is 25.8 Å². The standard InChI is InChI=1S/C13H15BrN2O3/c1-13(18-5-6-19-13)8-12(17)16-15-9-10-3-2-4-11(14)7-10/h2-4,7,9H,5-6,8H2,1H3,(H,16,17)/b15-9-. The molecule has 0 radical (unpaired) electrons. The van der Waals surface area contributed by atoms with Crippen LogP contribution in [0.5, 0.6) is 0 Å². The minimum atomic E-state index is -0.824. The largest absolute Gasteiger partial charge is 0.347 e. The smallest absolute Gasteiger partial charge is 0.245 e. The Morgan fingerprint density at radius 2 is 2.26 bits per heavy atom. The van der Waals surface area contributed by atoms with Gasteiger partial charge in [0.1, 0.15) is 0 Å². The molecule has 1 heterocycles. The molecule has 2 rings (SSSR count). The van der Waals surface area contributed by atoms with E-state index in [1.165, 1.54) is 0 Å². The van der Waals surface area contributed by atoms with E-state index in [0.29, 0.717) is 13.2 Å². The number of carbonyl (C=O) groups is 1. The third-order valence-corrected chi connectivity index (χ3v) is 3.12. The van der Waals surface area contributed by atoms with Gasteiger partial charge in [0.15, 0.2) is 5.79 Å². The molecule has 0 atom stereocenters. The highest BCUT2D eigenvalue weighted by Crippen LogP contribution is 2.22. The number of ether oxygens (including phenoxy) is 2. The lowest BCUT2D eigenvalue weighted by Crippen LogP contribution is -2.33. The summed E-state index contributed by atoms with van der Waals surface area (Å²) in [5.74, 6) is -1.06. The van der Waals surface area contributed by atoms with Crippen LogP contribution in [0.25, 0.3) is 0 Å². The highest BCUT2D eigenvalue weighted by Gasteiger charge is 2.33. The summed E-state index contributed by atoms with van der Waals surface area (Å²) in [5.41, 5.74) is 3.36. The summed E-state index contributed by atoms with van der Waals surface area (Å²) in [4.78, 5) is 11.7. The zero-order valence-corrected chi connectivity index (χ0v) is 12.1. The van der Waals surface area contributed by atoms with E-state index >= 15 is 0 Å². The van der Waals surface area contributed by atoms with Gasteiger partial charge in [-0.25, -0.2) is 5.43 Å². The third-order valence-electron chi connectivity index (χ3n) is 2.63. The van der Waals surface area contributed by atoms with Crippen LogP contribution >= 0.6 is 15.9 Å². The molecule has 5 nitrogen and oxygen atoms in total. The first-order valence-corrected chi connectivity index (χ1v) is 6.72. The first kappa shape index (κ1) is 14.2. The van der Waals surface area contributed by atoms with Crippen molar-refractivity contribution in [2.45, 2.75) is 19.1 Å². The van der Waals surface area contributed by atoms with Crippen molar-refractivity contribution in [3.8, 4) is 0 Å². The first-order chi connectivity index (χ1) is 9.07. The Morgan fingerprint density at radius 1 is 1.53 bits per heavy atom. The Labute approximate surface area is 120 Å². The van der Waals surface area contributed by atoms with E-state index in [1.807, 2.05) is 24.3 Å². The Kier molecular flexibility index (Phi) is 4.68. The number of rotatable bonds is 4. The molecule has 1 amide bonds. The van der Waals surface area contributed by atoms with Crippen molar-refractivity contribution >= 4 is 28.1 Å². The molecule has 0 aromatic heterocycles. The molecule has 1 aromatic carbocycles. The fraction of sp³-hybridized carbons (Fsp3) is 0.385. The van der Waals surface area contributed by atoms with Gasteiger partial charge in [0, 0.05) is 4.47 Å². The van der Waals surface area contributed by atoms with Crippen LogP contribution in [0.2, 0.25) is 0 Å².